The molecule has 0 fully saturated rings. The third-order valence-electron chi connectivity index (χ3n) is 2.76. The van der Waals surface area contributed by atoms with Gasteiger partial charge < -0.3 is 10.1 Å². The van der Waals surface area contributed by atoms with Crippen LogP contribution >= 0.6 is 15.9 Å². The predicted octanol–water partition coefficient (Wildman–Crippen LogP) is 3.68. The number of aromatic nitrogens is 2. The molecule has 0 aliphatic heterocycles. The maximum atomic E-state index is 10.9. The Labute approximate surface area is 129 Å². The van der Waals surface area contributed by atoms with Crippen molar-refractivity contribution in [1.29, 1.82) is 0 Å². The van der Waals surface area contributed by atoms with Crippen molar-refractivity contribution in [3.8, 4) is 11.6 Å². The van der Waals surface area contributed by atoms with Gasteiger partial charge in [0.25, 0.3) is 5.69 Å². The number of rotatable bonds is 5. The van der Waals surface area contributed by atoms with Crippen molar-refractivity contribution in [2.24, 2.45) is 0 Å². The van der Waals surface area contributed by atoms with E-state index in [1.807, 2.05) is 6.92 Å². The number of halogens is 1. The number of anilines is 1. The van der Waals surface area contributed by atoms with Crippen molar-refractivity contribution in [2.45, 2.75) is 13.8 Å². The van der Waals surface area contributed by atoms with Crippen LogP contribution in [0.1, 0.15) is 12.5 Å². The van der Waals surface area contributed by atoms with Crippen molar-refractivity contribution in [1.82, 2.24) is 9.97 Å². The van der Waals surface area contributed by atoms with E-state index in [1.54, 1.807) is 19.1 Å². The maximum Gasteiger partial charge on any atom is 0.276 e. The van der Waals surface area contributed by atoms with Gasteiger partial charge in [-0.3, -0.25) is 10.1 Å². The van der Waals surface area contributed by atoms with Crippen molar-refractivity contribution < 1.29 is 9.66 Å². The third-order valence-corrected chi connectivity index (χ3v) is 3.48. The first kappa shape index (κ1) is 15.2. The molecule has 0 radical (unpaired) electrons. The highest BCUT2D eigenvalue weighted by Crippen LogP contribution is 2.35. The minimum atomic E-state index is -0.443. The van der Waals surface area contributed by atoms with E-state index in [-0.39, 0.29) is 5.69 Å². The van der Waals surface area contributed by atoms with Crippen LogP contribution in [0.2, 0.25) is 0 Å². The molecule has 8 heteroatoms. The number of hydrogen-bond acceptors (Lipinski definition) is 6. The summed E-state index contributed by atoms with van der Waals surface area (Å²) >= 11 is 3.37. The smallest absolute Gasteiger partial charge is 0.276 e. The Bertz CT molecular complexity index is 678. The van der Waals surface area contributed by atoms with Gasteiger partial charge in [0.05, 0.1) is 10.5 Å². The van der Waals surface area contributed by atoms with E-state index >= 15 is 0 Å². The molecule has 7 nitrogen and oxygen atoms in total. The number of ether oxygens (including phenoxy) is 1. The van der Waals surface area contributed by atoms with Crippen molar-refractivity contribution in [3.05, 3.63) is 44.7 Å². The van der Waals surface area contributed by atoms with E-state index in [0.717, 1.165) is 0 Å². The van der Waals surface area contributed by atoms with Gasteiger partial charge in [0.1, 0.15) is 22.4 Å². The number of hydrogen-bond donors (Lipinski definition) is 1. The molecule has 0 saturated heterocycles. The number of benzene rings is 1. The quantitative estimate of drug-likeness (QED) is 0.651. The SMILES string of the molecule is CCNc1ncnc(Oc2cccc([N+](=O)[O-])c2C)c1Br. The highest BCUT2D eigenvalue weighted by molar-refractivity contribution is 9.10. The van der Waals surface area contributed by atoms with Crippen molar-refractivity contribution in [2.75, 3.05) is 11.9 Å². The summed E-state index contributed by atoms with van der Waals surface area (Å²) in [7, 11) is 0. The van der Waals surface area contributed by atoms with Crippen molar-refractivity contribution in [3.63, 3.8) is 0 Å². The monoisotopic (exact) mass is 352 g/mol. The number of nitro benzene ring substituents is 1. The first-order valence-electron chi connectivity index (χ1n) is 6.20. The van der Waals surface area contributed by atoms with Gasteiger partial charge in [-0.15, -0.1) is 0 Å². The van der Waals surface area contributed by atoms with Gasteiger partial charge in [-0.25, -0.2) is 9.97 Å². The minimum Gasteiger partial charge on any atom is -0.437 e. The molecule has 2 aromatic rings. The molecule has 0 unspecified atom stereocenters. The van der Waals surface area contributed by atoms with Gasteiger partial charge in [-0.1, -0.05) is 6.07 Å². The lowest BCUT2D eigenvalue weighted by atomic mass is 10.2. The molecule has 1 aromatic carbocycles. The molecular formula is C13H13BrN4O3. The summed E-state index contributed by atoms with van der Waals surface area (Å²) in [6, 6.07) is 4.66. The minimum absolute atomic E-state index is 0.00425. The molecule has 1 heterocycles. The average molecular weight is 353 g/mol. The highest BCUT2D eigenvalue weighted by atomic mass is 79.9. The number of nitrogens with zero attached hydrogens (tertiary/aromatic N) is 3. The van der Waals surface area contributed by atoms with Crippen LogP contribution in [0.4, 0.5) is 11.5 Å². The van der Waals surface area contributed by atoms with Gasteiger partial charge in [-0.2, -0.15) is 0 Å². The molecule has 0 bridgehead atoms. The molecule has 1 aromatic heterocycles. The Morgan fingerprint density at radius 2 is 2.19 bits per heavy atom. The average Bonchev–Trinajstić information content (AvgIpc) is 2.45. The molecule has 1 N–H and O–H groups in total. The van der Waals surface area contributed by atoms with E-state index in [0.29, 0.717) is 34.0 Å². The second-order valence-corrected chi connectivity index (χ2v) is 4.92. The van der Waals surface area contributed by atoms with Gasteiger partial charge >= 0.3 is 0 Å². The Morgan fingerprint density at radius 3 is 2.86 bits per heavy atom. The number of nitro groups is 1. The zero-order chi connectivity index (χ0) is 15.4. The Morgan fingerprint density at radius 1 is 1.43 bits per heavy atom. The van der Waals surface area contributed by atoms with E-state index in [1.165, 1.54) is 12.4 Å². The first-order chi connectivity index (χ1) is 10.0. The fourth-order valence-corrected chi connectivity index (χ4v) is 2.16. The topological polar surface area (TPSA) is 90.2 Å². The molecule has 2 rings (SSSR count). The molecule has 0 aliphatic carbocycles. The largest absolute Gasteiger partial charge is 0.437 e. The normalized spacial score (nSPS) is 10.2. The lowest BCUT2D eigenvalue weighted by Gasteiger charge is -2.11. The molecule has 110 valence electrons. The van der Waals surface area contributed by atoms with Gasteiger partial charge in [0, 0.05) is 12.6 Å². The van der Waals surface area contributed by atoms with E-state index < -0.39 is 4.92 Å². The van der Waals surface area contributed by atoms with E-state index in [4.69, 9.17) is 4.74 Å². The summed E-state index contributed by atoms with van der Waals surface area (Å²) < 4.78 is 6.24. The summed E-state index contributed by atoms with van der Waals surface area (Å²) in [4.78, 5) is 18.6. The highest BCUT2D eigenvalue weighted by Gasteiger charge is 2.17. The Balaban J connectivity index is 2.37. The number of nitrogens with one attached hydrogen (secondary N) is 1. The maximum absolute atomic E-state index is 10.9. The standard InChI is InChI=1S/C13H13BrN4O3/c1-3-15-12-11(14)13(17-7-16-12)21-10-6-4-5-9(8(10)2)18(19)20/h4-7H,3H2,1-2H3,(H,15,16,17). The van der Waals surface area contributed by atoms with Gasteiger partial charge in [-0.05, 0) is 35.8 Å². The lowest BCUT2D eigenvalue weighted by Crippen LogP contribution is -2.02. The van der Waals surface area contributed by atoms with E-state index in [2.05, 4.69) is 31.2 Å². The Hall–Kier alpha value is -2.22. The van der Waals surface area contributed by atoms with Crippen LogP contribution in [-0.2, 0) is 0 Å². The zero-order valence-electron chi connectivity index (χ0n) is 11.5. The van der Waals surface area contributed by atoms with Gasteiger partial charge in [0.2, 0.25) is 5.88 Å². The second kappa shape index (κ2) is 6.49. The molecule has 0 amide bonds. The van der Waals surface area contributed by atoms with Crippen LogP contribution < -0.4 is 10.1 Å². The van der Waals surface area contributed by atoms with Crippen molar-refractivity contribution >= 4 is 27.4 Å². The summed E-state index contributed by atoms with van der Waals surface area (Å²) in [6.07, 6.45) is 1.37. The van der Waals surface area contributed by atoms with Crippen LogP contribution in [0.3, 0.4) is 0 Å². The molecule has 21 heavy (non-hydrogen) atoms. The summed E-state index contributed by atoms with van der Waals surface area (Å²) in [5.41, 5.74) is 0.447. The fourth-order valence-electron chi connectivity index (χ4n) is 1.73. The molecule has 0 spiro atoms. The van der Waals surface area contributed by atoms with Gasteiger partial charge in [0.15, 0.2) is 0 Å². The Kier molecular flexibility index (Phi) is 4.69. The van der Waals surface area contributed by atoms with Crippen LogP contribution in [-0.4, -0.2) is 21.4 Å². The van der Waals surface area contributed by atoms with Crippen LogP contribution in [0.15, 0.2) is 29.0 Å². The fraction of sp³-hybridized carbons (Fsp3) is 0.231. The molecule has 0 atom stereocenters. The predicted molar refractivity (Wildman–Crippen MR) is 81.8 cm³/mol. The molecular weight excluding hydrogens is 340 g/mol. The molecule has 0 aliphatic rings. The summed E-state index contributed by atoms with van der Waals surface area (Å²) in [6.45, 7) is 4.28. The first-order valence-corrected chi connectivity index (χ1v) is 7.00. The third kappa shape index (κ3) is 3.27. The van der Waals surface area contributed by atoms with Crippen LogP contribution in [0, 0.1) is 17.0 Å². The lowest BCUT2D eigenvalue weighted by molar-refractivity contribution is -0.385. The van der Waals surface area contributed by atoms with E-state index in [9.17, 15) is 10.1 Å². The summed E-state index contributed by atoms with van der Waals surface area (Å²) in [5.74, 6) is 1.28. The molecule has 0 saturated carbocycles. The zero-order valence-corrected chi connectivity index (χ0v) is 13.0. The summed E-state index contributed by atoms with van der Waals surface area (Å²) in [5, 5.41) is 14.0. The second-order valence-electron chi connectivity index (χ2n) is 4.13. The van der Waals surface area contributed by atoms with Crippen LogP contribution in [0.5, 0.6) is 11.6 Å². The van der Waals surface area contributed by atoms with Crippen LogP contribution in [0.25, 0.3) is 0 Å².